The van der Waals surface area contributed by atoms with E-state index in [4.69, 9.17) is 16.3 Å². The van der Waals surface area contributed by atoms with Gasteiger partial charge in [0.05, 0.1) is 12.1 Å². The first-order valence-electron chi connectivity index (χ1n) is 8.93. The van der Waals surface area contributed by atoms with E-state index in [1.165, 1.54) is 25.7 Å². The number of rotatable bonds is 5. The highest BCUT2D eigenvalue weighted by molar-refractivity contribution is 6.30. The van der Waals surface area contributed by atoms with Gasteiger partial charge in [0, 0.05) is 18.2 Å². The van der Waals surface area contributed by atoms with Crippen LogP contribution in [0.1, 0.15) is 50.7 Å². The molecule has 2 aliphatic rings. The molecule has 1 aliphatic heterocycles. The molecule has 1 aromatic rings. The fourth-order valence-electron chi connectivity index (χ4n) is 4.20. The topological polar surface area (TPSA) is 50.4 Å². The second-order valence-corrected chi connectivity index (χ2v) is 7.55. The number of fused-ring (bicyclic) bond motifs is 1. The average molecular weight is 387 g/mol. The van der Waals surface area contributed by atoms with Crippen molar-refractivity contribution in [3.05, 3.63) is 34.9 Å². The standard InChI is InChI=1S/C19H27ClN2O2.ClH/c1-12(18(24-2)13-7-9-15(20)10-8-13)21-19(23)17-11-14-5-3-4-6-16(14)22-17;/h7-10,12,14,16-18,22H,3-6,11H2,1-2H3,(H,21,23);1H. The average Bonchev–Trinajstić information content (AvgIpc) is 3.01. The van der Waals surface area contributed by atoms with E-state index in [1.54, 1.807) is 7.11 Å². The van der Waals surface area contributed by atoms with Crippen LogP contribution in [0.2, 0.25) is 5.02 Å². The van der Waals surface area contributed by atoms with Crippen molar-refractivity contribution in [2.45, 2.75) is 63.3 Å². The number of nitrogens with one attached hydrogen (secondary N) is 2. The fraction of sp³-hybridized carbons (Fsp3) is 0.632. The molecule has 0 bridgehead atoms. The molecular formula is C19H28Cl2N2O2. The van der Waals surface area contributed by atoms with Gasteiger partial charge >= 0.3 is 0 Å². The third kappa shape index (κ3) is 4.88. The van der Waals surface area contributed by atoms with Crippen molar-refractivity contribution < 1.29 is 9.53 Å². The molecule has 1 aliphatic carbocycles. The van der Waals surface area contributed by atoms with Crippen LogP contribution in [0.25, 0.3) is 0 Å². The SMILES string of the molecule is COC(c1ccc(Cl)cc1)C(C)NC(=O)C1CC2CCCCC2N1.Cl. The highest BCUT2D eigenvalue weighted by atomic mass is 35.5. The molecule has 140 valence electrons. The summed E-state index contributed by atoms with van der Waals surface area (Å²) in [4.78, 5) is 12.7. The largest absolute Gasteiger partial charge is 0.375 e. The predicted octanol–water partition coefficient (Wildman–Crippen LogP) is 3.87. The minimum Gasteiger partial charge on any atom is -0.375 e. The molecule has 25 heavy (non-hydrogen) atoms. The molecule has 4 nitrogen and oxygen atoms in total. The van der Waals surface area contributed by atoms with Crippen LogP contribution in [0, 0.1) is 5.92 Å². The van der Waals surface area contributed by atoms with Crippen LogP contribution in [-0.4, -0.2) is 31.1 Å². The number of halogens is 2. The molecule has 1 heterocycles. The van der Waals surface area contributed by atoms with Crippen molar-refractivity contribution >= 4 is 29.9 Å². The maximum atomic E-state index is 12.7. The summed E-state index contributed by atoms with van der Waals surface area (Å²) in [7, 11) is 1.67. The summed E-state index contributed by atoms with van der Waals surface area (Å²) in [5.41, 5.74) is 1.02. The molecule has 1 saturated heterocycles. The Labute approximate surface area is 161 Å². The van der Waals surface area contributed by atoms with E-state index in [1.807, 2.05) is 31.2 Å². The Hall–Kier alpha value is -0.810. The molecule has 5 atom stereocenters. The lowest BCUT2D eigenvalue weighted by Gasteiger charge is -2.26. The number of methoxy groups -OCH3 is 1. The zero-order valence-electron chi connectivity index (χ0n) is 14.8. The molecule has 0 spiro atoms. The lowest BCUT2D eigenvalue weighted by atomic mass is 9.85. The number of hydrogen-bond acceptors (Lipinski definition) is 3. The molecule has 2 fully saturated rings. The lowest BCUT2D eigenvalue weighted by Crippen LogP contribution is -2.47. The Balaban J connectivity index is 0.00000225. The lowest BCUT2D eigenvalue weighted by molar-refractivity contribution is -0.124. The van der Waals surface area contributed by atoms with Crippen molar-refractivity contribution in [1.29, 1.82) is 0 Å². The summed E-state index contributed by atoms with van der Waals surface area (Å²) in [6.45, 7) is 1.99. The number of amides is 1. The summed E-state index contributed by atoms with van der Waals surface area (Å²) in [6.07, 6.45) is 5.81. The molecule has 0 radical (unpaired) electrons. The second-order valence-electron chi connectivity index (χ2n) is 7.11. The Morgan fingerprint density at radius 1 is 1.28 bits per heavy atom. The highest BCUT2D eigenvalue weighted by Crippen LogP contribution is 2.33. The van der Waals surface area contributed by atoms with Gasteiger partial charge in [-0.25, -0.2) is 0 Å². The van der Waals surface area contributed by atoms with E-state index in [0.717, 1.165) is 12.0 Å². The smallest absolute Gasteiger partial charge is 0.237 e. The van der Waals surface area contributed by atoms with Gasteiger partial charge in [-0.1, -0.05) is 36.6 Å². The first-order valence-corrected chi connectivity index (χ1v) is 9.31. The van der Waals surface area contributed by atoms with Gasteiger partial charge in [-0.2, -0.15) is 0 Å². The maximum absolute atomic E-state index is 12.7. The monoisotopic (exact) mass is 386 g/mol. The van der Waals surface area contributed by atoms with Crippen LogP contribution < -0.4 is 10.6 Å². The molecule has 1 amide bonds. The summed E-state index contributed by atoms with van der Waals surface area (Å²) in [5.74, 6) is 0.757. The predicted molar refractivity (Wildman–Crippen MR) is 103 cm³/mol. The summed E-state index contributed by atoms with van der Waals surface area (Å²) >= 11 is 5.95. The molecule has 0 aromatic heterocycles. The van der Waals surface area contributed by atoms with E-state index in [-0.39, 0.29) is 36.5 Å². The maximum Gasteiger partial charge on any atom is 0.237 e. The number of benzene rings is 1. The van der Waals surface area contributed by atoms with Crippen LogP contribution in [0.15, 0.2) is 24.3 Å². The van der Waals surface area contributed by atoms with Crippen LogP contribution in [0.5, 0.6) is 0 Å². The third-order valence-electron chi connectivity index (χ3n) is 5.46. The Kier molecular flexibility index (Phi) is 7.56. The normalized spacial score (nSPS) is 27.7. The molecule has 6 heteroatoms. The first-order chi connectivity index (χ1) is 11.6. The summed E-state index contributed by atoms with van der Waals surface area (Å²) in [6, 6.07) is 7.94. The van der Waals surface area contributed by atoms with E-state index < -0.39 is 0 Å². The molecule has 3 rings (SSSR count). The number of carbonyl (C=O) groups excluding carboxylic acids is 1. The van der Waals surface area contributed by atoms with Crippen LogP contribution >= 0.6 is 24.0 Å². The van der Waals surface area contributed by atoms with Crippen molar-refractivity contribution in [3.63, 3.8) is 0 Å². The van der Waals surface area contributed by atoms with Gasteiger partial charge in [0.2, 0.25) is 5.91 Å². The second kappa shape index (κ2) is 9.22. The van der Waals surface area contributed by atoms with Crippen LogP contribution in [0.4, 0.5) is 0 Å². The summed E-state index contributed by atoms with van der Waals surface area (Å²) in [5, 5.41) is 7.37. The zero-order chi connectivity index (χ0) is 17.1. The Morgan fingerprint density at radius 2 is 1.96 bits per heavy atom. The van der Waals surface area contributed by atoms with Crippen molar-refractivity contribution in [1.82, 2.24) is 10.6 Å². The van der Waals surface area contributed by atoms with Crippen LogP contribution in [0.3, 0.4) is 0 Å². The molecule has 1 saturated carbocycles. The van der Waals surface area contributed by atoms with Gasteiger partial charge in [-0.3, -0.25) is 4.79 Å². The van der Waals surface area contributed by atoms with Crippen molar-refractivity contribution in [2.24, 2.45) is 5.92 Å². The number of hydrogen-bond donors (Lipinski definition) is 2. The van der Waals surface area contributed by atoms with Gasteiger partial charge in [0.1, 0.15) is 6.10 Å². The minimum atomic E-state index is -0.185. The third-order valence-corrected chi connectivity index (χ3v) is 5.71. The van der Waals surface area contributed by atoms with E-state index in [0.29, 0.717) is 17.0 Å². The molecule has 2 N–H and O–H groups in total. The fourth-order valence-corrected chi connectivity index (χ4v) is 4.33. The minimum absolute atomic E-state index is 0. The van der Waals surface area contributed by atoms with Crippen molar-refractivity contribution in [2.75, 3.05) is 7.11 Å². The molecule has 1 aromatic carbocycles. The van der Waals surface area contributed by atoms with E-state index in [9.17, 15) is 4.79 Å². The molecule has 5 unspecified atom stereocenters. The van der Waals surface area contributed by atoms with Gasteiger partial charge in [0.25, 0.3) is 0 Å². The summed E-state index contributed by atoms with van der Waals surface area (Å²) < 4.78 is 5.62. The zero-order valence-corrected chi connectivity index (χ0v) is 16.4. The number of ether oxygens (including phenoxy) is 1. The van der Waals surface area contributed by atoms with Gasteiger partial charge < -0.3 is 15.4 Å². The van der Waals surface area contributed by atoms with E-state index in [2.05, 4.69) is 10.6 Å². The Bertz CT molecular complexity index is 553. The van der Waals surface area contributed by atoms with Gasteiger partial charge in [-0.05, 0) is 49.8 Å². The van der Waals surface area contributed by atoms with Crippen molar-refractivity contribution in [3.8, 4) is 0 Å². The van der Waals surface area contributed by atoms with E-state index >= 15 is 0 Å². The van der Waals surface area contributed by atoms with Gasteiger partial charge in [-0.15, -0.1) is 12.4 Å². The highest BCUT2D eigenvalue weighted by Gasteiger charge is 2.38. The van der Waals surface area contributed by atoms with Crippen LogP contribution in [-0.2, 0) is 9.53 Å². The quantitative estimate of drug-likeness (QED) is 0.806. The molecular weight excluding hydrogens is 359 g/mol. The Morgan fingerprint density at radius 3 is 2.60 bits per heavy atom. The first kappa shape index (κ1) is 20.5. The number of carbonyl (C=O) groups is 1. The van der Waals surface area contributed by atoms with Gasteiger partial charge in [0.15, 0.2) is 0 Å².